The van der Waals surface area contributed by atoms with Gasteiger partial charge in [-0.3, -0.25) is 4.79 Å². The number of nitrogens with one attached hydrogen (secondary N) is 1. The molecule has 1 aliphatic rings. The summed E-state index contributed by atoms with van der Waals surface area (Å²) in [5.74, 6) is -1.07. The number of amides is 1. The number of methoxy groups -OCH3 is 1. The molecule has 0 unspecified atom stereocenters. The Labute approximate surface area is 177 Å². The molecule has 160 valence electrons. The molecule has 0 saturated carbocycles. The van der Waals surface area contributed by atoms with Crippen LogP contribution < -0.4 is 5.32 Å². The van der Waals surface area contributed by atoms with Gasteiger partial charge in [0.15, 0.2) is 0 Å². The van der Waals surface area contributed by atoms with Gasteiger partial charge in [0.2, 0.25) is 15.9 Å². The van der Waals surface area contributed by atoms with E-state index in [2.05, 4.69) is 5.32 Å². The fraction of sp³-hybridized carbons (Fsp3) is 0.364. The van der Waals surface area contributed by atoms with Crippen molar-refractivity contribution in [2.75, 3.05) is 25.5 Å². The van der Waals surface area contributed by atoms with Gasteiger partial charge < -0.3 is 10.1 Å². The number of carbonyl (C=O) groups is 2. The normalized spacial score (nSPS) is 15.6. The van der Waals surface area contributed by atoms with Crippen LogP contribution >= 0.6 is 0 Å². The number of anilines is 1. The lowest BCUT2D eigenvalue weighted by Gasteiger charge is -2.31. The van der Waals surface area contributed by atoms with E-state index in [1.165, 1.54) is 23.5 Å². The minimum Gasteiger partial charge on any atom is -0.465 e. The van der Waals surface area contributed by atoms with Gasteiger partial charge in [-0.2, -0.15) is 4.31 Å². The molecular formula is C22H26N2O5S. The van der Waals surface area contributed by atoms with E-state index in [0.717, 1.165) is 16.8 Å². The van der Waals surface area contributed by atoms with Crippen molar-refractivity contribution in [2.45, 2.75) is 31.6 Å². The largest absolute Gasteiger partial charge is 0.465 e. The number of carbonyl (C=O) groups excluding carboxylic acids is 2. The molecule has 1 fully saturated rings. The molecule has 8 heteroatoms. The average molecular weight is 431 g/mol. The van der Waals surface area contributed by atoms with Gasteiger partial charge in [0.1, 0.15) is 0 Å². The summed E-state index contributed by atoms with van der Waals surface area (Å²) in [6.07, 6.45) is 0.826. The minimum absolute atomic E-state index is 0.00897. The molecule has 2 aromatic rings. The van der Waals surface area contributed by atoms with Crippen molar-refractivity contribution in [2.24, 2.45) is 5.92 Å². The van der Waals surface area contributed by atoms with Gasteiger partial charge in [-0.05, 0) is 62.1 Å². The molecule has 1 saturated heterocycles. The number of hydrogen-bond acceptors (Lipinski definition) is 5. The molecule has 1 N–H and O–H groups in total. The molecule has 3 rings (SSSR count). The van der Waals surface area contributed by atoms with Crippen molar-refractivity contribution in [1.29, 1.82) is 0 Å². The zero-order valence-electron chi connectivity index (χ0n) is 17.3. The molecule has 30 heavy (non-hydrogen) atoms. The van der Waals surface area contributed by atoms with E-state index in [9.17, 15) is 18.0 Å². The summed E-state index contributed by atoms with van der Waals surface area (Å²) in [5, 5.41) is 2.94. The third kappa shape index (κ3) is 4.71. The van der Waals surface area contributed by atoms with Crippen LogP contribution in [-0.4, -0.2) is 44.8 Å². The number of piperidine rings is 1. The first-order valence-corrected chi connectivity index (χ1v) is 11.2. The molecule has 0 spiro atoms. The Morgan fingerprint density at radius 1 is 1.03 bits per heavy atom. The molecule has 0 aliphatic carbocycles. The SMILES string of the molecule is COC(=O)c1ccccc1S(=O)(=O)N1CCC(C(=O)Nc2cc(C)cc(C)c2)CC1. The van der Waals surface area contributed by atoms with E-state index in [0.29, 0.717) is 12.8 Å². The van der Waals surface area contributed by atoms with Crippen molar-refractivity contribution in [3.63, 3.8) is 0 Å². The van der Waals surface area contributed by atoms with Crippen molar-refractivity contribution in [3.05, 3.63) is 59.2 Å². The Hall–Kier alpha value is -2.71. The van der Waals surface area contributed by atoms with Crippen LogP contribution in [0.5, 0.6) is 0 Å². The highest BCUT2D eigenvalue weighted by Gasteiger charge is 2.34. The molecule has 0 radical (unpaired) electrons. The maximum absolute atomic E-state index is 13.1. The van der Waals surface area contributed by atoms with Crippen LogP contribution in [0.2, 0.25) is 0 Å². The predicted octanol–water partition coefficient (Wildman–Crippen LogP) is 3.13. The first-order valence-electron chi connectivity index (χ1n) is 9.79. The second-order valence-electron chi connectivity index (χ2n) is 7.53. The zero-order chi connectivity index (χ0) is 21.9. The Morgan fingerprint density at radius 2 is 1.63 bits per heavy atom. The van der Waals surface area contributed by atoms with Gasteiger partial charge in [0.05, 0.1) is 17.6 Å². The molecule has 1 heterocycles. The highest BCUT2D eigenvalue weighted by molar-refractivity contribution is 7.89. The number of nitrogens with zero attached hydrogens (tertiary/aromatic N) is 1. The summed E-state index contributed by atoms with van der Waals surface area (Å²) >= 11 is 0. The fourth-order valence-corrected chi connectivity index (χ4v) is 5.41. The maximum Gasteiger partial charge on any atom is 0.339 e. The van der Waals surface area contributed by atoms with Crippen LogP contribution in [0.1, 0.15) is 34.3 Å². The number of benzene rings is 2. The van der Waals surface area contributed by atoms with Gasteiger partial charge in [-0.1, -0.05) is 18.2 Å². The second-order valence-corrected chi connectivity index (χ2v) is 9.44. The quantitative estimate of drug-likeness (QED) is 0.736. The Kier molecular flexibility index (Phi) is 6.58. The minimum atomic E-state index is -3.87. The summed E-state index contributed by atoms with van der Waals surface area (Å²) in [4.78, 5) is 24.6. The first kappa shape index (κ1) is 22.0. The zero-order valence-corrected chi connectivity index (χ0v) is 18.2. The summed E-state index contributed by atoms with van der Waals surface area (Å²) in [5.41, 5.74) is 2.89. The third-order valence-corrected chi connectivity index (χ3v) is 7.18. The Morgan fingerprint density at radius 3 is 2.23 bits per heavy atom. The highest BCUT2D eigenvalue weighted by atomic mass is 32.2. The lowest BCUT2D eigenvalue weighted by atomic mass is 9.97. The van der Waals surface area contributed by atoms with Gasteiger partial charge in [-0.15, -0.1) is 0 Å². The average Bonchev–Trinajstić information content (AvgIpc) is 2.72. The second kappa shape index (κ2) is 8.97. The number of sulfonamides is 1. The summed E-state index contributed by atoms with van der Waals surface area (Å²) in [7, 11) is -2.65. The number of rotatable bonds is 5. The smallest absolute Gasteiger partial charge is 0.339 e. The van der Waals surface area contributed by atoms with Crippen LogP contribution in [0, 0.1) is 19.8 Å². The fourth-order valence-electron chi connectivity index (χ4n) is 3.76. The van der Waals surface area contributed by atoms with Crippen molar-refractivity contribution in [1.82, 2.24) is 4.31 Å². The summed E-state index contributed by atoms with van der Waals surface area (Å²) < 4.78 is 32.2. The van der Waals surface area contributed by atoms with Gasteiger partial charge >= 0.3 is 5.97 Å². The van der Waals surface area contributed by atoms with Gasteiger partial charge in [0.25, 0.3) is 0 Å². The van der Waals surface area contributed by atoms with Crippen LogP contribution in [0.3, 0.4) is 0 Å². The summed E-state index contributed by atoms with van der Waals surface area (Å²) in [6.45, 7) is 4.36. The van der Waals surface area contributed by atoms with Crippen LogP contribution in [0.25, 0.3) is 0 Å². The van der Waals surface area contributed by atoms with E-state index < -0.39 is 16.0 Å². The van der Waals surface area contributed by atoms with E-state index >= 15 is 0 Å². The number of esters is 1. The topological polar surface area (TPSA) is 92.8 Å². The maximum atomic E-state index is 13.1. The lowest BCUT2D eigenvalue weighted by molar-refractivity contribution is -0.120. The number of aryl methyl sites for hydroxylation is 2. The van der Waals surface area contributed by atoms with Crippen LogP contribution in [-0.2, 0) is 19.6 Å². The van der Waals surface area contributed by atoms with Crippen LogP contribution in [0.15, 0.2) is 47.4 Å². The molecule has 0 atom stereocenters. The Balaban J connectivity index is 1.69. The third-order valence-electron chi connectivity index (χ3n) is 5.22. The molecule has 1 amide bonds. The molecule has 0 bridgehead atoms. The monoisotopic (exact) mass is 430 g/mol. The van der Waals surface area contributed by atoms with E-state index in [1.54, 1.807) is 12.1 Å². The van der Waals surface area contributed by atoms with E-state index in [1.807, 2.05) is 32.0 Å². The summed E-state index contributed by atoms with van der Waals surface area (Å²) in [6, 6.07) is 11.9. The predicted molar refractivity (Wildman–Crippen MR) is 114 cm³/mol. The molecule has 7 nitrogen and oxygen atoms in total. The van der Waals surface area contributed by atoms with Crippen LogP contribution in [0.4, 0.5) is 5.69 Å². The van der Waals surface area contributed by atoms with E-state index in [4.69, 9.17) is 4.74 Å². The highest BCUT2D eigenvalue weighted by Crippen LogP contribution is 2.27. The lowest BCUT2D eigenvalue weighted by Crippen LogP contribution is -2.41. The molecular weight excluding hydrogens is 404 g/mol. The molecule has 0 aromatic heterocycles. The Bertz CT molecular complexity index is 1040. The van der Waals surface area contributed by atoms with Gasteiger partial charge in [-0.25, -0.2) is 13.2 Å². The van der Waals surface area contributed by atoms with Gasteiger partial charge in [0, 0.05) is 24.7 Å². The van der Waals surface area contributed by atoms with Crippen molar-refractivity contribution >= 4 is 27.6 Å². The first-order chi connectivity index (χ1) is 14.2. The number of ether oxygens (including phenoxy) is 1. The van der Waals surface area contributed by atoms with Crippen molar-refractivity contribution in [3.8, 4) is 0 Å². The molecule has 2 aromatic carbocycles. The van der Waals surface area contributed by atoms with E-state index in [-0.39, 0.29) is 35.4 Å². The molecule has 1 aliphatic heterocycles. The standard InChI is InChI=1S/C22H26N2O5S/c1-15-12-16(2)14-18(13-15)23-21(25)17-8-10-24(11-9-17)30(27,28)20-7-5-4-6-19(20)22(26)29-3/h4-7,12-14,17H,8-11H2,1-3H3,(H,23,25). The van der Waals surface area contributed by atoms with Crippen molar-refractivity contribution < 1.29 is 22.7 Å². The number of hydrogen-bond donors (Lipinski definition) is 1.